The van der Waals surface area contributed by atoms with Gasteiger partial charge in [-0.15, -0.1) is 0 Å². The summed E-state index contributed by atoms with van der Waals surface area (Å²) in [7, 11) is 0. The van der Waals surface area contributed by atoms with Gasteiger partial charge in [-0.25, -0.2) is 4.39 Å². The van der Waals surface area contributed by atoms with Gasteiger partial charge >= 0.3 is 6.18 Å². The first-order valence-corrected chi connectivity index (χ1v) is 5.42. The molecule has 0 N–H and O–H groups in total. The molecule has 0 bridgehead atoms. The summed E-state index contributed by atoms with van der Waals surface area (Å²) in [5, 5.41) is -0.611. The van der Waals surface area contributed by atoms with Crippen LogP contribution in [0.4, 0.5) is 17.6 Å². The third-order valence-electron chi connectivity index (χ3n) is 1.76. The number of halogens is 6. The van der Waals surface area contributed by atoms with Crippen molar-refractivity contribution < 1.29 is 22.4 Å². The third-order valence-corrected chi connectivity index (χ3v) is 2.49. The van der Waals surface area contributed by atoms with Crippen molar-refractivity contribution in [1.29, 1.82) is 0 Å². The molecule has 1 nitrogen and oxygen atoms in total. The Bertz CT molecular complexity index is 430. The van der Waals surface area contributed by atoms with Gasteiger partial charge < -0.3 is 0 Å². The lowest BCUT2D eigenvalue weighted by Crippen LogP contribution is -2.13. The van der Waals surface area contributed by atoms with Gasteiger partial charge in [-0.3, -0.25) is 4.79 Å². The Kier molecular flexibility index (Phi) is 3.96. The van der Waals surface area contributed by atoms with Crippen LogP contribution in [0, 0.1) is 5.82 Å². The molecule has 0 amide bonds. The lowest BCUT2D eigenvalue weighted by atomic mass is 10.1. The smallest absolute Gasteiger partial charge is 0.293 e. The minimum absolute atomic E-state index is 0.276. The largest absolute Gasteiger partial charge is 0.419 e. The lowest BCUT2D eigenvalue weighted by Gasteiger charge is -2.10. The molecule has 0 atom stereocenters. The molecule has 16 heavy (non-hydrogen) atoms. The highest BCUT2D eigenvalue weighted by atomic mass is 79.9. The monoisotopic (exact) mass is 318 g/mol. The maximum atomic E-state index is 13.4. The number of hydrogen-bond acceptors (Lipinski definition) is 1. The van der Waals surface area contributed by atoms with Crippen molar-refractivity contribution in [3.05, 3.63) is 34.1 Å². The summed E-state index contributed by atoms with van der Waals surface area (Å²) in [6, 6.07) is 1.32. The van der Waals surface area contributed by atoms with E-state index in [1.165, 1.54) is 0 Å². The number of rotatable bonds is 2. The van der Waals surface area contributed by atoms with Crippen LogP contribution in [0.2, 0.25) is 5.02 Å². The molecule has 0 spiro atoms. The molecule has 0 aliphatic heterocycles. The van der Waals surface area contributed by atoms with Crippen LogP contribution in [0.5, 0.6) is 0 Å². The molecule has 0 aliphatic carbocycles. The molecule has 0 unspecified atom stereocenters. The first-order chi connectivity index (χ1) is 7.27. The molecule has 0 fully saturated rings. The van der Waals surface area contributed by atoms with Gasteiger partial charge in [0.25, 0.3) is 0 Å². The van der Waals surface area contributed by atoms with Crippen LogP contribution in [-0.4, -0.2) is 11.1 Å². The number of Topliss-reactive ketones (excluding diaryl/α,β-unsaturated/α-hetero) is 1. The van der Waals surface area contributed by atoms with E-state index in [1.54, 1.807) is 0 Å². The average molecular weight is 319 g/mol. The first-order valence-electron chi connectivity index (χ1n) is 3.92. The minimum Gasteiger partial charge on any atom is -0.293 e. The fraction of sp³-hybridized carbons (Fsp3) is 0.222. The Morgan fingerprint density at radius 2 is 1.94 bits per heavy atom. The van der Waals surface area contributed by atoms with Crippen molar-refractivity contribution >= 4 is 33.3 Å². The summed E-state index contributed by atoms with van der Waals surface area (Å²) >= 11 is 8.14. The van der Waals surface area contributed by atoms with Crippen LogP contribution in [0.25, 0.3) is 0 Å². The fourth-order valence-electron chi connectivity index (χ4n) is 1.07. The fourth-order valence-corrected chi connectivity index (χ4v) is 1.59. The molecular formula is C9H4BrClF4O. The predicted octanol–water partition coefficient (Wildman–Crippen LogP) is 4.08. The van der Waals surface area contributed by atoms with Crippen molar-refractivity contribution in [2.75, 3.05) is 5.33 Å². The van der Waals surface area contributed by atoms with E-state index in [2.05, 4.69) is 15.9 Å². The van der Waals surface area contributed by atoms with E-state index in [9.17, 15) is 22.4 Å². The number of benzene rings is 1. The van der Waals surface area contributed by atoms with E-state index in [0.29, 0.717) is 6.07 Å². The van der Waals surface area contributed by atoms with E-state index in [0.717, 1.165) is 6.07 Å². The highest BCUT2D eigenvalue weighted by Gasteiger charge is 2.36. The van der Waals surface area contributed by atoms with Crippen LogP contribution in [0.15, 0.2) is 12.1 Å². The minimum atomic E-state index is -4.88. The maximum Gasteiger partial charge on any atom is 0.419 e. The Balaban J connectivity index is 3.44. The van der Waals surface area contributed by atoms with Crippen LogP contribution in [0.1, 0.15) is 15.9 Å². The van der Waals surface area contributed by atoms with E-state index in [1.807, 2.05) is 0 Å². The molecule has 0 aliphatic rings. The van der Waals surface area contributed by atoms with Crippen molar-refractivity contribution in [2.24, 2.45) is 0 Å². The van der Waals surface area contributed by atoms with Gasteiger partial charge in [0.15, 0.2) is 5.78 Å². The third kappa shape index (κ3) is 2.74. The van der Waals surface area contributed by atoms with E-state index >= 15 is 0 Å². The molecule has 0 radical (unpaired) electrons. The first kappa shape index (κ1) is 13.4. The number of hydrogen-bond donors (Lipinski definition) is 0. The van der Waals surface area contributed by atoms with Gasteiger partial charge in [0.2, 0.25) is 0 Å². The number of alkyl halides is 4. The van der Waals surface area contributed by atoms with Crippen molar-refractivity contribution in [1.82, 2.24) is 0 Å². The molecule has 1 aromatic rings. The second-order valence-corrected chi connectivity index (χ2v) is 3.87. The molecule has 0 saturated heterocycles. The Morgan fingerprint density at radius 1 is 1.38 bits per heavy atom. The van der Waals surface area contributed by atoms with Gasteiger partial charge in [0, 0.05) is 5.02 Å². The summed E-state index contributed by atoms with van der Waals surface area (Å²) in [6.45, 7) is 0. The zero-order chi connectivity index (χ0) is 12.5. The molecule has 1 rings (SSSR count). The molecule has 0 saturated carbocycles. The number of carbonyl (C=O) groups excluding carboxylic acids is 1. The van der Waals surface area contributed by atoms with Gasteiger partial charge in [-0.2, -0.15) is 13.2 Å². The summed E-state index contributed by atoms with van der Waals surface area (Å²) in [6.07, 6.45) is -4.88. The van der Waals surface area contributed by atoms with Gasteiger partial charge in [-0.1, -0.05) is 27.5 Å². The van der Waals surface area contributed by atoms with E-state index < -0.39 is 28.9 Å². The SMILES string of the molecule is O=C(CBr)c1cc(Cl)cc(C(F)(F)F)c1F. The lowest BCUT2D eigenvalue weighted by molar-refractivity contribution is -0.140. The second kappa shape index (κ2) is 4.71. The summed E-state index contributed by atoms with van der Waals surface area (Å²) < 4.78 is 50.4. The van der Waals surface area contributed by atoms with Crippen molar-refractivity contribution in [3.8, 4) is 0 Å². The molecule has 1 aromatic carbocycles. The molecule has 7 heteroatoms. The Morgan fingerprint density at radius 3 is 2.38 bits per heavy atom. The van der Waals surface area contributed by atoms with Gasteiger partial charge in [0.05, 0.1) is 16.5 Å². The zero-order valence-corrected chi connectivity index (χ0v) is 9.88. The van der Waals surface area contributed by atoms with Crippen LogP contribution >= 0.6 is 27.5 Å². The highest BCUT2D eigenvalue weighted by Crippen LogP contribution is 2.34. The molecule has 88 valence electrons. The van der Waals surface area contributed by atoms with Crippen molar-refractivity contribution in [3.63, 3.8) is 0 Å². The zero-order valence-electron chi connectivity index (χ0n) is 7.54. The quantitative estimate of drug-likeness (QED) is 0.456. The summed E-state index contributed by atoms with van der Waals surface area (Å²) in [5.41, 5.74) is -2.21. The van der Waals surface area contributed by atoms with E-state index in [4.69, 9.17) is 11.6 Å². The van der Waals surface area contributed by atoms with Crippen molar-refractivity contribution in [2.45, 2.75) is 6.18 Å². The highest BCUT2D eigenvalue weighted by molar-refractivity contribution is 9.09. The standard InChI is InChI=1S/C9H4BrClF4O/c10-3-7(16)5-1-4(11)2-6(8(5)12)9(13,14)15/h1-2H,3H2. The number of ketones is 1. The second-order valence-electron chi connectivity index (χ2n) is 2.87. The Labute approximate surface area is 102 Å². The van der Waals surface area contributed by atoms with Crippen LogP contribution < -0.4 is 0 Å². The molecular weight excluding hydrogens is 315 g/mol. The summed E-state index contributed by atoms with van der Waals surface area (Å²) in [5.74, 6) is -2.40. The normalized spacial score (nSPS) is 11.6. The maximum absolute atomic E-state index is 13.4. The molecule has 0 heterocycles. The van der Waals surface area contributed by atoms with Gasteiger partial charge in [0.1, 0.15) is 5.82 Å². The summed E-state index contributed by atoms with van der Waals surface area (Å²) in [4.78, 5) is 11.2. The topological polar surface area (TPSA) is 17.1 Å². The predicted molar refractivity (Wildman–Crippen MR) is 54.5 cm³/mol. The molecule has 0 aromatic heterocycles. The Hall–Kier alpha value is -0.620. The van der Waals surface area contributed by atoms with Crippen LogP contribution in [-0.2, 0) is 6.18 Å². The number of carbonyl (C=O) groups is 1. The van der Waals surface area contributed by atoms with Crippen LogP contribution in [0.3, 0.4) is 0 Å². The van der Waals surface area contributed by atoms with Gasteiger partial charge in [-0.05, 0) is 12.1 Å². The average Bonchev–Trinajstić information content (AvgIpc) is 2.18. The van der Waals surface area contributed by atoms with E-state index in [-0.39, 0.29) is 10.4 Å².